The second-order valence-corrected chi connectivity index (χ2v) is 6.16. The van der Waals surface area contributed by atoms with E-state index in [-0.39, 0.29) is 5.54 Å². The van der Waals surface area contributed by atoms with Crippen molar-refractivity contribution in [3.8, 4) is 0 Å². The Hall–Kier alpha value is -0.120. The van der Waals surface area contributed by atoms with Crippen LogP contribution < -0.4 is 5.32 Å². The summed E-state index contributed by atoms with van der Waals surface area (Å²) in [5, 5.41) is 13.2. The van der Waals surface area contributed by atoms with Gasteiger partial charge in [-0.2, -0.15) is 0 Å². The van der Waals surface area contributed by atoms with Crippen molar-refractivity contribution in [1.82, 2.24) is 10.2 Å². The maximum absolute atomic E-state index is 9.71. The van der Waals surface area contributed by atoms with E-state index in [1.807, 2.05) is 0 Å². The monoisotopic (exact) mass is 254 g/mol. The second-order valence-electron chi connectivity index (χ2n) is 6.16. The Balaban J connectivity index is 1.98. The van der Waals surface area contributed by atoms with Gasteiger partial charge in [-0.25, -0.2) is 0 Å². The predicted molar refractivity (Wildman–Crippen MR) is 75.8 cm³/mol. The zero-order valence-electron chi connectivity index (χ0n) is 12.1. The predicted octanol–water partition coefficient (Wildman–Crippen LogP) is 2.14. The van der Waals surface area contributed by atoms with Crippen LogP contribution in [0.15, 0.2) is 0 Å². The number of nitrogens with one attached hydrogen (secondary N) is 1. The molecule has 106 valence electrons. The molecule has 2 N–H and O–H groups in total. The lowest BCUT2D eigenvalue weighted by Crippen LogP contribution is -2.50. The second kappa shape index (κ2) is 6.36. The number of likely N-dealkylation sites (N-methyl/N-ethyl adjacent to an activating group) is 1. The minimum absolute atomic E-state index is 0.00908. The third kappa shape index (κ3) is 2.89. The van der Waals surface area contributed by atoms with Crippen LogP contribution in [0.25, 0.3) is 0 Å². The highest BCUT2D eigenvalue weighted by Crippen LogP contribution is 2.36. The van der Waals surface area contributed by atoms with Crippen molar-refractivity contribution in [3.05, 3.63) is 0 Å². The van der Waals surface area contributed by atoms with E-state index in [1.54, 1.807) is 0 Å². The first-order chi connectivity index (χ1) is 8.74. The fraction of sp³-hybridized carbons (Fsp3) is 1.00. The van der Waals surface area contributed by atoms with E-state index in [0.29, 0.717) is 12.6 Å². The smallest absolute Gasteiger partial charge is 0.0613 e. The van der Waals surface area contributed by atoms with Crippen LogP contribution in [0.3, 0.4) is 0 Å². The van der Waals surface area contributed by atoms with Crippen LogP contribution in [-0.4, -0.2) is 47.3 Å². The molecule has 0 aromatic heterocycles. The Morgan fingerprint density at radius 1 is 1.28 bits per heavy atom. The van der Waals surface area contributed by atoms with Crippen LogP contribution >= 0.6 is 0 Å². The average molecular weight is 254 g/mol. The van der Waals surface area contributed by atoms with Crippen molar-refractivity contribution in [1.29, 1.82) is 0 Å². The lowest BCUT2D eigenvalue weighted by Gasteiger charge is -2.40. The fourth-order valence-electron chi connectivity index (χ4n) is 4.06. The number of nitrogens with zero attached hydrogens (tertiary/aromatic N) is 1. The molecule has 1 aliphatic heterocycles. The van der Waals surface area contributed by atoms with Gasteiger partial charge in [-0.05, 0) is 51.6 Å². The van der Waals surface area contributed by atoms with E-state index >= 15 is 0 Å². The maximum Gasteiger partial charge on any atom is 0.0613 e. The van der Waals surface area contributed by atoms with Crippen LogP contribution in [0.1, 0.15) is 58.8 Å². The molecule has 0 bridgehead atoms. The first-order valence-electron chi connectivity index (χ1n) is 7.86. The van der Waals surface area contributed by atoms with Crippen LogP contribution in [0, 0.1) is 0 Å². The minimum atomic E-state index is 0.00908. The minimum Gasteiger partial charge on any atom is -0.394 e. The fourth-order valence-corrected chi connectivity index (χ4v) is 4.06. The molecular weight excluding hydrogens is 224 g/mol. The largest absolute Gasteiger partial charge is 0.394 e. The molecule has 2 rings (SSSR count). The molecule has 2 fully saturated rings. The van der Waals surface area contributed by atoms with Gasteiger partial charge in [0.05, 0.1) is 6.61 Å². The molecule has 3 atom stereocenters. The Kier molecular flexibility index (Phi) is 5.05. The van der Waals surface area contributed by atoms with Gasteiger partial charge in [-0.15, -0.1) is 0 Å². The number of aliphatic hydroxyl groups excluding tert-OH is 1. The third-order valence-corrected chi connectivity index (χ3v) is 5.05. The van der Waals surface area contributed by atoms with Crippen LogP contribution in [0.4, 0.5) is 0 Å². The van der Waals surface area contributed by atoms with E-state index in [2.05, 4.69) is 24.1 Å². The molecule has 0 aromatic carbocycles. The normalized spacial score (nSPS) is 38.2. The number of aliphatic hydroxyl groups is 1. The summed E-state index contributed by atoms with van der Waals surface area (Å²) in [7, 11) is 0. The standard InChI is InChI=1S/C15H30N2O/c1-3-13-7-5-6-10-17(13)14-8-9-15(11-14,12-18)16-4-2/h13-14,16,18H,3-12H2,1-2H3. The van der Waals surface area contributed by atoms with Crippen molar-refractivity contribution in [3.63, 3.8) is 0 Å². The van der Waals surface area contributed by atoms with E-state index in [0.717, 1.165) is 25.4 Å². The summed E-state index contributed by atoms with van der Waals surface area (Å²) in [6.07, 6.45) is 8.94. The maximum atomic E-state index is 9.71. The molecule has 2 aliphatic rings. The molecule has 3 nitrogen and oxygen atoms in total. The van der Waals surface area contributed by atoms with Crippen LogP contribution in [0.2, 0.25) is 0 Å². The van der Waals surface area contributed by atoms with Gasteiger partial charge in [-0.3, -0.25) is 4.90 Å². The Morgan fingerprint density at radius 2 is 2.11 bits per heavy atom. The number of hydrogen-bond acceptors (Lipinski definition) is 3. The van der Waals surface area contributed by atoms with Crippen molar-refractivity contribution < 1.29 is 5.11 Å². The topological polar surface area (TPSA) is 35.5 Å². The molecule has 1 aliphatic carbocycles. The summed E-state index contributed by atoms with van der Waals surface area (Å²) in [6.45, 7) is 6.99. The summed E-state index contributed by atoms with van der Waals surface area (Å²) < 4.78 is 0. The summed E-state index contributed by atoms with van der Waals surface area (Å²) in [5.74, 6) is 0. The molecule has 3 unspecified atom stereocenters. The summed E-state index contributed by atoms with van der Waals surface area (Å²) in [4.78, 5) is 2.75. The molecule has 1 heterocycles. The van der Waals surface area contributed by atoms with Crippen LogP contribution in [-0.2, 0) is 0 Å². The zero-order valence-corrected chi connectivity index (χ0v) is 12.1. The van der Waals surface area contributed by atoms with E-state index in [4.69, 9.17) is 0 Å². The molecule has 18 heavy (non-hydrogen) atoms. The van der Waals surface area contributed by atoms with Crippen LogP contribution in [0.5, 0.6) is 0 Å². The van der Waals surface area contributed by atoms with E-state index < -0.39 is 0 Å². The highest BCUT2D eigenvalue weighted by molar-refractivity contribution is 5.00. The molecule has 0 radical (unpaired) electrons. The molecule has 0 amide bonds. The van der Waals surface area contributed by atoms with Gasteiger partial charge in [-0.1, -0.05) is 20.3 Å². The SMILES string of the molecule is CCNC1(CO)CCC(N2CCCCC2CC)C1. The van der Waals surface area contributed by atoms with Gasteiger partial charge < -0.3 is 10.4 Å². The van der Waals surface area contributed by atoms with E-state index in [9.17, 15) is 5.11 Å². The number of rotatable bonds is 5. The lowest BCUT2D eigenvalue weighted by molar-refractivity contribution is 0.0827. The van der Waals surface area contributed by atoms with Gasteiger partial charge in [0.2, 0.25) is 0 Å². The summed E-state index contributed by atoms with van der Waals surface area (Å²) >= 11 is 0. The summed E-state index contributed by atoms with van der Waals surface area (Å²) in [5.41, 5.74) is 0.00908. The summed E-state index contributed by atoms with van der Waals surface area (Å²) in [6, 6.07) is 1.49. The third-order valence-electron chi connectivity index (χ3n) is 5.05. The number of likely N-dealkylation sites (tertiary alicyclic amines) is 1. The Labute approximate surface area is 112 Å². The zero-order chi connectivity index (χ0) is 13.0. The lowest BCUT2D eigenvalue weighted by atomic mass is 9.95. The van der Waals surface area contributed by atoms with Crippen molar-refractivity contribution in [2.45, 2.75) is 76.4 Å². The highest BCUT2D eigenvalue weighted by Gasteiger charge is 2.41. The molecule has 1 saturated carbocycles. The number of hydrogen-bond donors (Lipinski definition) is 2. The average Bonchev–Trinajstić information content (AvgIpc) is 2.84. The molecule has 0 spiro atoms. The highest BCUT2D eigenvalue weighted by atomic mass is 16.3. The number of piperidine rings is 1. The Morgan fingerprint density at radius 3 is 2.78 bits per heavy atom. The molecule has 0 aromatic rings. The van der Waals surface area contributed by atoms with Crippen molar-refractivity contribution in [2.24, 2.45) is 0 Å². The first kappa shape index (κ1) is 14.3. The quantitative estimate of drug-likeness (QED) is 0.789. The molecule has 3 heteroatoms. The van der Waals surface area contributed by atoms with Crippen molar-refractivity contribution >= 4 is 0 Å². The van der Waals surface area contributed by atoms with Crippen molar-refractivity contribution in [2.75, 3.05) is 19.7 Å². The molecular formula is C15H30N2O. The van der Waals surface area contributed by atoms with E-state index in [1.165, 1.54) is 38.6 Å². The van der Waals surface area contributed by atoms with Gasteiger partial charge >= 0.3 is 0 Å². The van der Waals surface area contributed by atoms with Gasteiger partial charge in [0, 0.05) is 17.6 Å². The van der Waals surface area contributed by atoms with Gasteiger partial charge in [0.25, 0.3) is 0 Å². The van der Waals surface area contributed by atoms with Gasteiger partial charge in [0.1, 0.15) is 0 Å². The van der Waals surface area contributed by atoms with Gasteiger partial charge in [0.15, 0.2) is 0 Å². The Bertz CT molecular complexity index is 259. The molecule has 1 saturated heterocycles. The first-order valence-corrected chi connectivity index (χ1v) is 7.86.